The number of nitrogens with zero attached hydrogens (tertiary/aromatic N) is 1. The molecule has 2 amide bonds. The Hall–Kier alpha value is -3.56. The number of para-hydroxylation sites is 1. The molecule has 2 N–H and O–H groups in total. The van der Waals surface area contributed by atoms with Gasteiger partial charge in [-0.3, -0.25) is 9.59 Å². The summed E-state index contributed by atoms with van der Waals surface area (Å²) in [6.07, 6.45) is 0.952. The molecule has 3 aromatic rings. The van der Waals surface area contributed by atoms with Crippen LogP contribution in [0.3, 0.4) is 0 Å². The first-order valence-corrected chi connectivity index (χ1v) is 12.4. The van der Waals surface area contributed by atoms with Crippen LogP contribution < -0.4 is 10.6 Å². The second-order valence-electron chi connectivity index (χ2n) is 7.82. The predicted octanol–water partition coefficient (Wildman–Crippen LogP) is 3.72. The molecule has 0 aromatic heterocycles. The van der Waals surface area contributed by atoms with Gasteiger partial charge in [0.25, 0.3) is 5.91 Å². The number of halogens is 1. The first-order valence-electron chi connectivity index (χ1n) is 10.6. The standard InChI is InChI=1S/C25H26FN3O4S/c1-18(19-10-4-3-5-11-19)27-25(31)21-13-7-9-15-23(21)28-24(30)17-29(34(2,32)33)16-20-12-6-8-14-22(20)26/h3-15,18H,16-17H2,1-2H3,(H,27,31)(H,28,30)/t18-/m0/s1. The largest absolute Gasteiger partial charge is 0.345 e. The van der Waals surface area contributed by atoms with E-state index >= 15 is 0 Å². The third kappa shape index (κ3) is 6.72. The van der Waals surface area contributed by atoms with Gasteiger partial charge in [-0.25, -0.2) is 12.8 Å². The summed E-state index contributed by atoms with van der Waals surface area (Å²) in [6.45, 7) is 1.01. The molecule has 7 nitrogen and oxygen atoms in total. The highest BCUT2D eigenvalue weighted by atomic mass is 32.2. The van der Waals surface area contributed by atoms with Gasteiger partial charge in [-0.15, -0.1) is 0 Å². The van der Waals surface area contributed by atoms with Gasteiger partial charge in [0.1, 0.15) is 5.82 Å². The Bertz CT molecular complexity index is 1270. The minimum Gasteiger partial charge on any atom is -0.345 e. The van der Waals surface area contributed by atoms with Crippen molar-refractivity contribution in [2.75, 3.05) is 18.1 Å². The number of hydrogen-bond donors (Lipinski definition) is 2. The van der Waals surface area contributed by atoms with Crippen molar-refractivity contribution >= 4 is 27.5 Å². The smallest absolute Gasteiger partial charge is 0.253 e. The second kappa shape index (κ2) is 11.0. The number of carbonyl (C=O) groups excluding carboxylic acids is 2. The number of hydrogen-bond acceptors (Lipinski definition) is 4. The van der Waals surface area contributed by atoms with E-state index in [0.29, 0.717) is 0 Å². The molecule has 0 radical (unpaired) electrons. The number of sulfonamides is 1. The monoisotopic (exact) mass is 483 g/mol. The van der Waals surface area contributed by atoms with Crippen LogP contribution in [0.2, 0.25) is 0 Å². The van der Waals surface area contributed by atoms with Gasteiger partial charge in [0.2, 0.25) is 15.9 Å². The zero-order chi connectivity index (χ0) is 24.7. The Morgan fingerprint density at radius 3 is 2.24 bits per heavy atom. The van der Waals surface area contributed by atoms with Gasteiger partial charge in [-0.05, 0) is 30.7 Å². The molecule has 9 heteroatoms. The molecule has 34 heavy (non-hydrogen) atoms. The van der Waals surface area contributed by atoms with Crippen LogP contribution in [0.5, 0.6) is 0 Å². The quantitative estimate of drug-likeness (QED) is 0.485. The van der Waals surface area contributed by atoms with E-state index in [1.807, 2.05) is 37.3 Å². The lowest BCUT2D eigenvalue weighted by molar-refractivity contribution is -0.116. The SMILES string of the molecule is C[C@H](NC(=O)c1ccccc1NC(=O)CN(Cc1ccccc1F)S(C)(=O)=O)c1ccccc1. The van der Waals surface area contributed by atoms with Crippen molar-refractivity contribution in [2.45, 2.75) is 19.5 Å². The van der Waals surface area contributed by atoms with Crippen LogP contribution >= 0.6 is 0 Å². The van der Waals surface area contributed by atoms with Gasteiger partial charge in [0.05, 0.1) is 30.1 Å². The van der Waals surface area contributed by atoms with Crippen LogP contribution in [0, 0.1) is 5.82 Å². The molecule has 3 rings (SSSR count). The Morgan fingerprint density at radius 1 is 0.941 bits per heavy atom. The van der Waals surface area contributed by atoms with E-state index in [4.69, 9.17) is 0 Å². The van der Waals surface area contributed by atoms with Crippen LogP contribution in [0.25, 0.3) is 0 Å². The molecule has 0 saturated heterocycles. The topological polar surface area (TPSA) is 95.6 Å². The zero-order valence-corrected chi connectivity index (χ0v) is 19.7. The molecule has 178 valence electrons. The zero-order valence-electron chi connectivity index (χ0n) is 18.9. The molecular formula is C25H26FN3O4S. The Kier molecular flexibility index (Phi) is 8.14. The maximum absolute atomic E-state index is 14.0. The first kappa shape index (κ1) is 25.1. The van der Waals surface area contributed by atoms with Crippen LogP contribution in [0.4, 0.5) is 10.1 Å². The van der Waals surface area contributed by atoms with E-state index in [1.165, 1.54) is 18.2 Å². The highest BCUT2D eigenvalue weighted by Crippen LogP contribution is 2.19. The Morgan fingerprint density at radius 2 is 1.56 bits per heavy atom. The Labute approximate surface area is 198 Å². The van der Waals surface area contributed by atoms with Gasteiger partial charge in [0, 0.05) is 12.1 Å². The summed E-state index contributed by atoms with van der Waals surface area (Å²) in [5.41, 5.74) is 1.55. The van der Waals surface area contributed by atoms with E-state index in [0.717, 1.165) is 16.1 Å². The van der Waals surface area contributed by atoms with Crippen molar-refractivity contribution in [1.29, 1.82) is 0 Å². The average molecular weight is 484 g/mol. The molecule has 0 bridgehead atoms. The van der Waals surface area contributed by atoms with Crippen LogP contribution in [-0.2, 0) is 21.4 Å². The number of nitrogens with one attached hydrogen (secondary N) is 2. The normalized spacial score (nSPS) is 12.2. The third-order valence-corrected chi connectivity index (χ3v) is 6.38. The fourth-order valence-electron chi connectivity index (χ4n) is 3.35. The molecule has 0 aliphatic heterocycles. The molecule has 3 aromatic carbocycles. The minimum absolute atomic E-state index is 0.149. The lowest BCUT2D eigenvalue weighted by atomic mass is 10.1. The molecule has 0 aliphatic rings. The third-order valence-electron chi connectivity index (χ3n) is 5.19. The van der Waals surface area contributed by atoms with E-state index < -0.39 is 34.2 Å². The molecule has 0 saturated carbocycles. The molecule has 0 fully saturated rings. The summed E-state index contributed by atoms with van der Waals surface area (Å²) in [7, 11) is -3.81. The van der Waals surface area contributed by atoms with Gasteiger partial charge >= 0.3 is 0 Å². The van der Waals surface area contributed by atoms with Crippen molar-refractivity contribution in [2.24, 2.45) is 0 Å². The summed E-state index contributed by atoms with van der Waals surface area (Å²) in [4.78, 5) is 25.6. The lowest BCUT2D eigenvalue weighted by Gasteiger charge is -2.20. The van der Waals surface area contributed by atoms with E-state index in [1.54, 1.807) is 30.3 Å². The fraction of sp³-hybridized carbons (Fsp3) is 0.200. The summed E-state index contributed by atoms with van der Waals surface area (Å²) in [5.74, 6) is -1.61. The van der Waals surface area contributed by atoms with Gasteiger partial charge in [-0.1, -0.05) is 60.7 Å². The van der Waals surface area contributed by atoms with Crippen LogP contribution in [0.15, 0.2) is 78.9 Å². The van der Waals surface area contributed by atoms with Crippen molar-refractivity contribution in [3.05, 3.63) is 101 Å². The van der Waals surface area contributed by atoms with E-state index in [9.17, 15) is 22.4 Å². The molecule has 0 unspecified atom stereocenters. The average Bonchev–Trinajstić information content (AvgIpc) is 2.80. The number of benzene rings is 3. The highest BCUT2D eigenvalue weighted by Gasteiger charge is 2.23. The molecule has 0 aliphatic carbocycles. The number of amides is 2. The molecule has 0 heterocycles. The number of carbonyl (C=O) groups is 2. The van der Waals surface area contributed by atoms with Crippen molar-refractivity contribution < 1.29 is 22.4 Å². The molecule has 0 spiro atoms. The predicted molar refractivity (Wildman–Crippen MR) is 129 cm³/mol. The van der Waals surface area contributed by atoms with E-state index in [-0.39, 0.29) is 29.4 Å². The van der Waals surface area contributed by atoms with Crippen LogP contribution in [0.1, 0.15) is 34.5 Å². The summed E-state index contributed by atoms with van der Waals surface area (Å²) >= 11 is 0. The van der Waals surface area contributed by atoms with Gasteiger partial charge in [0.15, 0.2) is 0 Å². The summed E-state index contributed by atoms with van der Waals surface area (Å²) in [5, 5.41) is 5.50. The Balaban J connectivity index is 1.73. The number of rotatable bonds is 9. The van der Waals surface area contributed by atoms with Gasteiger partial charge in [-0.2, -0.15) is 4.31 Å². The summed E-state index contributed by atoms with van der Waals surface area (Å²) in [6, 6.07) is 21.4. The van der Waals surface area contributed by atoms with Crippen LogP contribution in [-0.4, -0.2) is 37.3 Å². The number of anilines is 1. The van der Waals surface area contributed by atoms with Gasteiger partial charge < -0.3 is 10.6 Å². The summed E-state index contributed by atoms with van der Waals surface area (Å²) < 4.78 is 39.4. The first-order chi connectivity index (χ1) is 16.1. The fourth-order valence-corrected chi connectivity index (χ4v) is 4.07. The van der Waals surface area contributed by atoms with Crippen molar-refractivity contribution in [3.63, 3.8) is 0 Å². The minimum atomic E-state index is -3.81. The van der Waals surface area contributed by atoms with E-state index in [2.05, 4.69) is 10.6 Å². The maximum atomic E-state index is 14.0. The van der Waals surface area contributed by atoms with Crippen molar-refractivity contribution in [1.82, 2.24) is 9.62 Å². The molecule has 1 atom stereocenters. The second-order valence-corrected chi connectivity index (χ2v) is 9.80. The highest BCUT2D eigenvalue weighted by molar-refractivity contribution is 7.88. The molecular weight excluding hydrogens is 457 g/mol. The lowest BCUT2D eigenvalue weighted by Crippen LogP contribution is -2.37. The van der Waals surface area contributed by atoms with Crippen molar-refractivity contribution in [3.8, 4) is 0 Å². The maximum Gasteiger partial charge on any atom is 0.253 e.